The molecule has 1 unspecified atom stereocenters. The summed E-state index contributed by atoms with van der Waals surface area (Å²) in [7, 11) is 0. The molecule has 0 saturated carbocycles. The van der Waals surface area contributed by atoms with Gasteiger partial charge in [-0.2, -0.15) is 0 Å². The average molecular weight is 254 g/mol. The normalized spacial score (nSPS) is 12.8. The summed E-state index contributed by atoms with van der Waals surface area (Å²) in [5.74, 6) is 0.270. The first-order valence-corrected chi connectivity index (χ1v) is 7.01. The molecule has 0 saturated heterocycles. The third-order valence-electron chi connectivity index (χ3n) is 3.04. The lowest BCUT2D eigenvalue weighted by molar-refractivity contribution is -0.126. The van der Waals surface area contributed by atoms with Gasteiger partial charge >= 0.3 is 0 Å². The van der Waals surface area contributed by atoms with Crippen LogP contribution in [0.1, 0.15) is 31.2 Å². The second kappa shape index (κ2) is 6.77. The van der Waals surface area contributed by atoms with Crippen LogP contribution in [0.2, 0.25) is 0 Å². The molecule has 0 radical (unpaired) electrons. The fraction of sp³-hybridized carbons (Fsp3) is 0.615. The van der Waals surface area contributed by atoms with E-state index < -0.39 is 0 Å². The van der Waals surface area contributed by atoms with Crippen molar-refractivity contribution in [3.63, 3.8) is 0 Å². The van der Waals surface area contributed by atoms with E-state index in [2.05, 4.69) is 23.7 Å². The Hall–Kier alpha value is -0.870. The topological polar surface area (TPSA) is 55.1 Å². The number of aryl methyl sites for hydroxylation is 1. The van der Waals surface area contributed by atoms with Crippen LogP contribution >= 0.6 is 11.3 Å². The molecule has 1 rings (SSSR count). The van der Waals surface area contributed by atoms with Gasteiger partial charge < -0.3 is 11.1 Å². The van der Waals surface area contributed by atoms with E-state index in [4.69, 9.17) is 5.73 Å². The first kappa shape index (κ1) is 14.2. The number of hydrogen-bond acceptors (Lipinski definition) is 3. The molecule has 3 N–H and O–H groups in total. The van der Waals surface area contributed by atoms with Crippen LogP contribution in [0.25, 0.3) is 0 Å². The van der Waals surface area contributed by atoms with Crippen molar-refractivity contribution in [1.29, 1.82) is 0 Å². The predicted molar refractivity (Wildman–Crippen MR) is 72.9 cm³/mol. The molecule has 1 atom stereocenters. The van der Waals surface area contributed by atoms with Crippen LogP contribution < -0.4 is 11.1 Å². The van der Waals surface area contributed by atoms with Gasteiger partial charge in [0.25, 0.3) is 0 Å². The van der Waals surface area contributed by atoms with Gasteiger partial charge in [-0.25, -0.2) is 0 Å². The lowest BCUT2D eigenvalue weighted by Gasteiger charge is -2.18. The van der Waals surface area contributed by atoms with Gasteiger partial charge in [-0.3, -0.25) is 4.79 Å². The molecular weight excluding hydrogens is 232 g/mol. The predicted octanol–water partition coefficient (Wildman–Crippen LogP) is 2.16. The summed E-state index contributed by atoms with van der Waals surface area (Å²) in [6.07, 6.45) is 1.01. The van der Waals surface area contributed by atoms with Gasteiger partial charge in [-0.15, -0.1) is 11.3 Å². The van der Waals surface area contributed by atoms with E-state index >= 15 is 0 Å². The summed E-state index contributed by atoms with van der Waals surface area (Å²) in [5, 5.41) is 5.06. The highest BCUT2D eigenvalue weighted by Gasteiger charge is 2.20. The van der Waals surface area contributed by atoms with Crippen LogP contribution in [0.15, 0.2) is 11.4 Å². The summed E-state index contributed by atoms with van der Waals surface area (Å²) in [6.45, 7) is 7.22. The number of amides is 1. The molecule has 0 aliphatic rings. The maximum Gasteiger partial charge on any atom is 0.224 e. The average Bonchev–Trinajstić information content (AvgIpc) is 2.74. The lowest BCUT2D eigenvalue weighted by Crippen LogP contribution is -2.37. The van der Waals surface area contributed by atoms with E-state index in [9.17, 15) is 4.79 Å². The fourth-order valence-electron chi connectivity index (χ4n) is 1.82. The van der Waals surface area contributed by atoms with E-state index in [1.807, 2.05) is 13.8 Å². The van der Waals surface area contributed by atoms with Crippen LogP contribution in [-0.4, -0.2) is 12.5 Å². The number of nitrogens with one attached hydrogen (secondary N) is 1. The number of rotatable bonds is 6. The Morgan fingerprint density at radius 3 is 2.76 bits per heavy atom. The van der Waals surface area contributed by atoms with Crippen LogP contribution in [0.4, 0.5) is 0 Å². The number of hydrogen-bond donors (Lipinski definition) is 2. The minimum absolute atomic E-state index is 0.0675. The quantitative estimate of drug-likeness (QED) is 0.817. The van der Waals surface area contributed by atoms with Crippen LogP contribution in [0, 0.1) is 11.8 Å². The Kier molecular flexibility index (Phi) is 5.65. The van der Waals surface area contributed by atoms with E-state index in [1.54, 1.807) is 11.3 Å². The third kappa shape index (κ3) is 3.82. The van der Waals surface area contributed by atoms with Crippen LogP contribution in [0.5, 0.6) is 0 Å². The number of carbonyl (C=O) groups excluding carboxylic acids is 1. The van der Waals surface area contributed by atoms with Crippen molar-refractivity contribution in [2.24, 2.45) is 17.6 Å². The summed E-state index contributed by atoms with van der Waals surface area (Å²) in [4.78, 5) is 13.2. The molecule has 0 bridgehead atoms. The molecule has 96 valence electrons. The van der Waals surface area contributed by atoms with Crippen LogP contribution in [0.3, 0.4) is 0 Å². The molecule has 1 aromatic rings. The molecule has 1 amide bonds. The molecule has 1 heterocycles. The first-order chi connectivity index (χ1) is 8.10. The van der Waals surface area contributed by atoms with Gasteiger partial charge in [0.05, 0.1) is 12.5 Å². The van der Waals surface area contributed by atoms with Crippen molar-refractivity contribution in [1.82, 2.24) is 5.32 Å². The summed E-state index contributed by atoms with van der Waals surface area (Å²) in [5.41, 5.74) is 6.94. The highest BCUT2D eigenvalue weighted by atomic mass is 32.1. The Morgan fingerprint density at radius 2 is 2.24 bits per heavy atom. The van der Waals surface area contributed by atoms with E-state index in [1.165, 1.54) is 10.4 Å². The summed E-state index contributed by atoms with van der Waals surface area (Å²) < 4.78 is 0. The summed E-state index contributed by atoms with van der Waals surface area (Å²) >= 11 is 1.70. The summed E-state index contributed by atoms with van der Waals surface area (Å²) in [6, 6.07) is 2.12. The Morgan fingerprint density at radius 1 is 1.53 bits per heavy atom. The number of nitrogens with two attached hydrogens (primary N) is 1. The minimum Gasteiger partial charge on any atom is -0.351 e. The zero-order valence-corrected chi connectivity index (χ0v) is 11.6. The standard InChI is InChI=1S/C13H22N2OS/c1-4-10-5-6-17-12(10)8-15-13(16)11(7-14)9(2)3/h5-6,9,11H,4,7-8,14H2,1-3H3,(H,15,16). The van der Waals surface area contributed by atoms with Crippen molar-refractivity contribution < 1.29 is 4.79 Å². The van der Waals surface area contributed by atoms with Crippen molar-refractivity contribution in [2.45, 2.75) is 33.7 Å². The third-order valence-corrected chi connectivity index (χ3v) is 4.00. The highest BCUT2D eigenvalue weighted by molar-refractivity contribution is 7.10. The van der Waals surface area contributed by atoms with Gasteiger partial charge in [-0.05, 0) is 29.3 Å². The molecule has 4 heteroatoms. The molecule has 0 aliphatic carbocycles. The van der Waals surface area contributed by atoms with Crippen LogP contribution in [-0.2, 0) is 17.8 Å². The van der Waals surface area contributed by atoms with Gasteiger partial charge in [0.15, 0.2) is 0 Å². The largest absolute Gasteiger partial charge is 0.351 e. The maximum atomic E-state index is 11.9. The van der Waals surface area contributed by atoms with Crippen molar-refractivity contribution in [3.05, 3.63) is 21.9 Å². The molecule has 3 nitrogen and oxygen atoms in total. The SMILES string of the molecule is CCc1ccsc1CNC(=O)C(CN)C(C)C. The van der Waals surface area contributed by atoms with Crippen molar-refractivity contribution in [2.75, 3.05) is 6.54 Å². The molecule has 1 aromatic heterocycles. The Labute approximate surface area is 107 Å². The molecule has 17 heavy (non-hydrogen) atoms. The number of carbonyl (C=O) groups is 1. The Balaban J connectivity index is 2.53. The zero-order chi connectivity index (χ0) is 12.8. The second-order valence-corrected chi connectivity index (χ2v) is 5.53. The molecular formula is C13H22N2OS. The first-order valence-electron chi connectivity index (χ1n) is 6.13. The second-order valence-electron chi connectivity index (χ2n) is 4.53. The van der Waals surface area contributed by atoms with Crippen molar-refractivity contribution >= 4 is 17.2 Å². The van der Waals surface area contributed by atoms with Gasteiger partial charge in [0.1, 0.15) is 0 Å². The van der Waals surface area contributed by atoms with Gasteiger partial charge in [-0.1, -0.05) is 20.8 Å². The molecule has 0 aromatic carbocycles. The Bertz CT molecular complexity index is 360. The molecule has 0 fully saturated rings. The lowest BCUT2D eigenvalue weighted by atomic mass is 9.95. The minimum atomic E-state index is -0.0833. The molecule has 0 spiro atoms. The van der Waals surface area contributed by atoms with E-state index in [0.717, 1.165) is 6.42 Å². The van der Waals surface area contributed by atoms with Gasteiger partial charge in [0.2, 0.25) is 5.91 Å². The smallest absolute Gasteiger partial charge is 0.224 e. The fourth-order valence-corrected chi connectivity index (χ4v) is 2.73. The highest BCUT2D eigenvalue weighted by Crippen LogP contribution is 2.17. The van der Waals surface area contributed by atoms with E-state index in [-0.39, 0.29) is 17.7 Å². The maximum absolute atomic E-state index is 11.9. The molecule has 0 aliphatic heterocycles. The van der Waals surface area contributed by atoms with E-state index in [0.29, 0.717) is 13.1 Å². The monoisotopic (exact) mass is 254 g/mol. The zero-order valence-electron chi connectivity index (χ0n) is 10.8. The van der Waals surface area contributed by atoms with Gasteiger partial charge in [0, 0.05) is 11.4 Å². The van der Waals surface area contributed by atoms with Crippen molar-refractivity contribution in [3.8, 4) is 0 Å². The number of thiophene rings is 1.